The number of rotatable bonds is 2. The van der Waals surface area contributed by atoms with Crippen LogP contribution in [-0.2, 0) is 7.05 Å². The van der Waals surface area contributed by atoms with Crippen LogP contribution in [0, 0.1) is 0 Å². The number of nitrogens with zero attached hydrogens (tertiary/aromatic N) is 2. The lowest BCUT2D eigenvalue weighted by Crippen LogP contribution is -2.49. The Hall–Kier alpha value is -1.89. The number of nitrogens with two attached hydrogens (primary N) is 1. The summed E-state index contributed by atoms with van der Waals surface area (Å²) in [6.07, 6.45) is 3.99. The van der Waals surface area contributed by atoms with E-state index in [4.69, 9.17) is 5.73 Å². The molecule has 1 aromatic rings. The average molecular weight is 266 g/mol. The van der Waals surface area contributed by atoms with Crippen molar-refractivity contribution in [1.29, 1.82) is 0 Å². The van der Waals surface area contributed by atoms with Gasteiger partial charge in [0.15, 0.2) is 0 Å². The first kappa shape index (κ1) is 13.5. The number of hydrogen-bond donors (Lipinski definition) is 2. The Morgan fingerprint density at radius 2 is 2.21 bits per heavy atom. The topological polar surface area (TPSA) is 101 Å². The van der Waals surface area contributed by atoms with Crippen LogP contribution in [0.2, 0.25) is 0 Å². The third kappa shape index (κ3) is 2.46. The van der Waals surface area contributed by atoms with E-state index in [-0.39, 0.29) is 17.5 Å². The number of aromatic amines is 1. The molecule has 7 nitrogen and oxygen atoms in total. The van der Waals surface area contributed by atoms with Crippen LogP contribution in [0.25, 0.3) is 0 Å². The number of carbonyl (C=O) groups is 1. The van der Waals surface area contributed by atoms with E-state index in [1.807, 2.05) is 0 Å². The van der Waals surface area contributed by atoms with E-state index in [1.54, 1.807) is 4.90 Å². The van der Waals surface area contributed by atoms with Crippen molar-refractivity contribution in [2.75, 3.05) is 13.1 Å². The first-order valence-corrected chi connectivity index (χ1v) is 6.36. The molecule has 2 heterocycles. The molecular formula is C12H18N4O3. The maximum Gasteiger partial charge on any atom is 0.328 e. The van der Waals surface area contributed by atoms with Gasteiger partial charge in [0.25, 0.3) is 11.5 Å². The molecule has 0 radical (unpaired) electrons. The highest BCUT2D eigenvalue weighted by Crippen LogP contribution is 2.17. The normalized spacial score (nSPS) is 19.5. The second-order valence-corrected chi connectivity index (χ2v) is 4.76. The Bertz CT molecular complexity index is 589. The van der Waals surface area contributed by atoms with Crippen LogP contribution in [0.5, 0.6) is 0 Å². The quantitative estimate of drug-likeness (QED) is 0.719. The minimum absolute atomic E-state index is 0.0116. The molecule has 1 atom stereocenters. The van der Waals surface area contributed by atoms with Crippen molar-refractivity contribution in [2.45, 2.75) is 25.3 Å². The van der Waals surface area contributed by atoms with Crippen molar-refractivity contribution >= 4 is 5.91 Å². The molecule has 104 valence electrons. The summed E-state index contributed by atoms with van der Waals surface area (Å²) in [6.45, 7) is 0.985. The third-order valence-corrected chi connectivity index (χ3v) is 3.57. The fraction of sp³-hybridized carbons (Fsp3) is 0.583. The average Bonchev–Trinajstić information content (AvgIpc) is 2.44. The Morgan fingerprint density at radius 1 is 1.47 bits per heavy atom. The maximum absolute atomic E-state index is 12.4. The number of likely N-dealkylation sites (tertiary alicyclic amines) is 1. The number of carbonyl (C=O) groups excluding carboxylic acids is 1. The summed E-state index contributed by atoms with van der Waals surface area (Å²) in [4.78, 5) is 39.6. The van der Waals surface area contributed by atoms with E-state index >= 15 is 0 Å². The molecule has 0 aromatic carbocycles. The van der Waals surface area contributed by atoms with Crippen molar-refractivity contribution in [1.82, 2.24) is 14.5 Å². The summed E-state index contributed by atoms with van der Waals surface area (Å²) >= 11 is 0. The SMILES string of the molecule is Cn1c(=O)[nH]cc(C(=O)N2CCCC[C@@H]2CN)c1=O. The summed E-state index contributed by atoms with van der Waals surface area (Å²) in [6, 6.07) is -0.0297. The molecule has 1 saturated heterocycles. The summed E-state index contributed by atoms with van der Waals surface area (Å²) in [5.41, 5.74) is 4.55. The second kappa shape index (κ2) is 5.40. The third-order valence-electron chi connectivity index (χ3n) is 3.57. The summed E-state index contributed by atoms with van der Waals surface area (Å²) in [5.74, 6) is -0.355. The lowest BCUT2D eigenvalue weighted by Gasteiger charge is -2.34. The molecule has 0 unspecified atom stereocenters. The monoisotopic (exact) mass is 266 g/mol. The highest BCUT2D eigenvalue weighted by Gasteiger charge is 2.28. The molecule has 1 aromatic heterocycles. The van der Waals surface area contributed by atoms with Crippen LogP contribution in [0.1, 0.15) is 29.6 Å². The number of aromatic nitrogens is 2. The predicted octanol–water partition coefficient (Wildman–Crippen LogP) is -0.973. The van der Waals surface area contributed by atoms with Gasteiger partial charge in [-0.3, -0.25) is 14.2 Å². The number of piperidine rings is 1. The first-order valence-electron chi connectivity index (χ1n) is 6.36. The lowest BCUT2D eigenvalue weighted by molar-refractivity contribution is 0.0620. The highest BCUT2D eigenvalue weighted by molar-refractivity contribution is 5.93. The molecule has 1 fully saturated rings. The molecule has 0 bridgehead atoms. The number of amides is 1. The van der Waals surface area contributed by atoms with Crippen LogP contribution >= 0.6 is 0 Å². The van der Waals surface area contributed by atoms with Gasteiger partial charge in [0, 0.05) is 32.4 Å². The predicted molar refractivity (Wildman–Crippen MR) is 70.0 cm³/mol. The number of nitrogens with one attached hydrogen (secondary N) is 1. The summed E-state index contributed by atoms with van der Waals surface area (Å²) in [7, 11) is 1.34. The van der Waals surface area contributed by atoms with Gasteiger partial charge >= 0.3 is 5.69 Å². The van der Waals surface area contributed by atoms with E-state index in [2.05, 4.69) is 4.98 Å². The van der Waals surface area contributed by atoms with Crippen molar-refractivity contribution < 1.29 is 4.79 Å². The summed E-state index contributed by atoms with van der Waals surface area (Å²) in [5, 5.41) is 0. The molecule has 1 aliphatic heterocycles. The van der Waals surface area contributed by atoms with Crippen molar-refractivity contribution in [2.24, 2.45) is 12.8 Å². The Balaban J connectivity index is 2.36. The molecule has 0 spiro atoms. The summed E-state index contributed by atoms with van der Waals surface area (Å²) < 4.78 is 0.897. The second-order valence-electron chi connectivity index (χ2n) is 4.76. The van der Waals surface area contributed by atoms with Gasteiger partial charge in [-0.15, -0.1) is 0 Å². The van der Waals surface area contributed by atoms with Gasteiger partial charge in [-0.25, -0.2) is 4.79 Å². The fourth-order valence-corrected chi connectivity index (χ4v) is 2.39. The molecule has 2 rings (SSSR count). The molecule has 1 aliphatic rings. The minimum Gasteiger partial charge on any atom is -0.334 e. The lowest BCUT2D eigenvalue weighted by atomic mass is 10.0. The van der Waals surface area contributed by atoms with E-state index in [0.717, 1.165) is 23.8 Å². The van der Waals surface area contributed by atoms with Crippen molar-refractivity contribution in [3.8, 4) is 0 Å². The molecule has 0 aliphatic carbocycles. The highest BCUT2D eigenvalue weighted by atomic mass is 16.2. The minimum atomic E-state index is -0.574. The zero-order chi connectivity index (χ0) is 14.0. The van der Waals surface area contributed by atoms with Gasteiger partial charge < -0.3 is 15.6 Å². The van der Waals surface area contributed by atoms with E-state index < -0.39 is 11.2 Å². The zero-order valence-electron chi connectivity index (χ0n) is 10.9. The maximum atomic E-state index is 12.4. The van der Waals surface area contributed by atoms with Crippen molar-refractivity contribution in [3.63, 3.8) is 0 Å². The molecule has 1 amide bonds. The smallest absolute Gasteiger partial charge is 0.328 e. The first-order chi connectivity index (χ1) is 9.06. The number of H-pyrrole nitrogens is 1. The molecule has 0 saturated carbocycles. The van der Waals surface area contributed by atoms with E-state index in [0.29, 0.717) is 13.1 Å². The van der Waals surface area contributed by atoms with Gasteiger partial charge in [0.1, 0.15) is 5.56 Å². The van der Waals surface area contributed by atoms with Crippen LogP contribution in [0.15, 0.2) is 15.8 Å². The van der Waals surface area contributed by atoms with E-state index in [1.165, 1.54) is 13.2 Å². The van der Waals surface area contributed by atoms with Gasteiger partial charge in [-0.1, -0.05) is 0 Å². The van der Waals surface area contributed by atoms with Crippen LogP contribution in [0.3, 0.4) is 0 Å². The Kier molecular flexibility index (Phi) is 3.84. The van der Waals surface area contributed by atoms with Crippen LogP contribution in [-0.4, -0.2) is 39.5 Å². The Labute approximate surface area is 110 Å². The molecular weight excluding hydrogens is 248 g/mol. The largest absolute Gasteiger partial charge is 0.334 e. The van der Waals surface area contributed by atoms with Gasteiger partial charge in [-0.05, 0) is 19.3 Å². The fourth-order valence-electron chi connectivity index (χ4n) is 2.39. The number of hydrogen-bond acceptors (Lipinski definition) is 4. The van der Waals surface area contributed by atoms with Crippen LogP contribution < -0.4 is 17.0 Å². The van der Waals surface area contributed by atoms with Crippen LogP contribution in [0.4, 0.5) is 0 Å². The van der Waals surface area contributed by atoms with E-state index in [9.17, 15) is 14.4 Å². The molecule has 19 heavy (non-hydrogen) atoms. The van der Waals surface area contributed by atoms with Gasteiger partial charge in [-0.2, -0.15) is 0 Å². The van der Waals surface area contributed by atoms with Gasteiger partial charge in [0.05, 0.1) is 0 Å². The Morgan fingerprint density at radius 3 is 2.89 bits per heavy atom. The molecule has 3 N–H and O–H groups in total. The van der Waals surface area contributed by atoms with Crippen molar-refractivity contribution in [3.05, 3.63) is 32.6 Å². The van der Waals surface area contributed by atoms with Gasteiger partial charge in [0.2, 0.25) is 0 Å². The standard InChI is InChI=1S/C12H18N4O3/c1-15-10(17)9(7-14-12(15)19)11(18)16-5-3-2-4-8(16)6-13/h7-8H,2-6,13H2,1H3,(H,14,19)/t8-/m1/s1. The zero-order valence-corrected chi connectivity index (χ0v) is 10.9. The molecule has 7 heteroatoms.